The molecule has 0 spiro atoms. The minimum absolute atomic E-state index is 0.0709. The molecule has 7 N–H and O–H groups in total. The highest BCUT2D eigenvalue weighted by molar-refractivity contribution is 5.69. The molecule has 11 atom stereocenters. The third-order valence-corrected chi connectivity index (χ3v) is 14.4. The Labute approximate surface area is 425 Å². The Morgan fingerprint density at radius 2 is 0.757 bits per heavy atom. The van der Waals surface area contributed by atoms with E-state index in [9.17, 15) is 40.5 Å². The zero-order chi connectivity index (χ0) is 50.9. The number of hydrogen-bond donors (Lipinski definition) is 7. The molecule has 416 valence electrons. The van der Waals surface area contributed by atoms with Gasteiger partial charge in [0.2, 0.25) is 0 Å². The van der Waals surface area contributed by atoms with Gasteiger partial charge < -0.3 is 64.2 Å². The van der Waals surface area contributed by atoms with Gasteiger partial charge in [-0.3, -0.25) is 4.79 Å². The number of ether oxygens (including phenoxy) is 6. The molecule has 2 aliphatic rings. The van der Waals surface area contributed by atoms with E-state index in [4.69, 9.17) is 28.4 Å². The summed E-state index contributed by atoms with van der Waals surface area (Å²) in [6.07, 6.45) is 30.2. The fraction of sp³-hybridized carbons (Fsp3) is 0.982. The van der Waals surface area contributed by atoms with Crippen LogP contribution in [0.15, 0.2) is 0 Å². The Hall–Kier alpha value is -1.01. The molecule has 2 aliphatic heterocycles. The molecule has 2 fully saturated rings. The van der Waals surface area contributed by atoms with Gasteiger partial charge in [-0.15, -0.1) is 0 Å². The van der Waals surface area contributed by atoms with Crippen molar-refractivity contribution in [3.05, 3.63) is 0 Å². The quantitative estimate of drug-likeness (QED) is 0.0223. The van der Waals surface area contributed by atoms with Crippen molar-refractivity contribution < 1.29 is 69.0 Å². The number of carbonyl (C=O) groups excluding carboxylic acids is 1. The Morgan fingerprint density at radius 1 is 0.414 bits per heavy atom. The standard InChI is InChI=1S/C56H108O14/c1-3-5-7-9-11-13-15-17-19-21-23-25-27-29-31-33-35-37-39-48(58)68-45(42-65-40-38-36-34-32-30-28-26-24-22-20-18-16-14-12-10-8-6-4-2)43-66-55-54(64)52(62)50(60)47(70-55)44-67-56-53(63)51(61)49(59)46(41-57)69-56/h45-47,49-57,59-64H,3-44H2,1-2H3. The van der Waals surface area contributed by atoms with Gasteiger partial charge in [0.05, 0.1) is 26.4 Å². The lowest BCUT2D eigenvalue weighted by Crippen LogP contribution is -2.61. The number of aliphatic hydroxyl groups is 7. The molecule has 0 saturated carbocycles. The number of esters is 1. The van der Waals surface area contributed by atoms with E-state index in [0.29, 0.717) is 6.61 Å². The highest BCUT2D eigenvalue weighted by Gasteiger charge is 2.47. The number of unbranched alkanes of at least 4 members (excludes halogenated alkanes) is 34. The van der Waals surface area contributed by atoms with Crippen LogP contribution < -0.4 is 0 Å². The minimum Gasteiger partial charge on any atom is -0.457 e. The van der Waals surface area contributed by atoms with Crippen molar-refractivity contribution in [2.24, 2.45) is 0 Å². The van der Waals surface area contributed by atoms with Gasteiger partial charge in [0.25, 0.3) is 0 Å². The molecule has 0 aromatic heterocycles. The Morgan fingerprint density at radius 3 is 1.16 bits per heavy atom. The number of aliphatic hydroxyl groups excluding tert-OH is 7. The fourth-order valence-electron chi connectivity index (χ4n) is 9.64. The number of rotatable bonds is 48. The van der Waals surface area contributed by atoms with Crippen LogP contribution in [0.3, 0.4) is 0 Å². The lowest BCUT2D eigenvalue weighted by Gasteiger charge is -2.42. The van der Waals surface area contributed by atoms with E-state index in [-0.39, 0.29) is 25.6 Å². The van der Waals surface area contributed by atoms with Crippen LogP contribution in [0.25, 0.3) is 0 Å². The molecule has 0 amide bonds. The van der Waals surface area contributed by atoms with E-state index in [0.717, 1.165) is 44.9 Å². The van der Waals surface area contributed by atoms with Gasteiger partial charge >= 0.3 is 5.97 Å². The van der Waals surface area contributed by atoms with Crippen LogP contribution in [0.4, 0.5) is 0 Å². The first-order valence-corrected chi connectivity index (χ1v) is 29.1. The van der Waals surface area contributed by atoms with Crippen molar-refractivity contribution >= 4 is 5.97 Å². The molecule has 2 saturated heterocycles. The zero-order valence-corrected chi connectivity index (χ0v) is 44.5. The summed E-state index contributed by atoms with van der Waals surface area (Å²) < 4.78 is 34.4. The smallest absolute Gasteiger partial charge is 0.306 e. The third-order valence-electron chi connectivity index (χ3n) is 14.4. The topological polar surface area (TPSA) is 214 Å². The molecule has 2 heterocycles. The Balaban J connectivity index is 1.71. The van der Waals surface area contributed by atoms with E-state index in [1.807, 2.05) is 0 Å². The second-order valence-electron chi connectivity index (χ2n) is 20.8. The summed E-state index contributed by atoms with van der Waals surface area (Å²) in [5, 5.41) is 72.3. The summed E-state index contributed by atoms with van der Waals surface area (Å²) >= 11 is 0. The van der Waals surface area contributed by atoms with Gasteiger partial charge in [-0.1, -0.05) is 232 Å². The van der Waals surface area contributed by atoms with Gasteiger partial charge in [0.1, 0.15) is 54.9 Å². The van der Waals surface area contributed by atoms with Crippen molar-refractivity contribution in [1.82, 2.24) is 0 Å². The maximum Gasteiger partial charge on any atom is 0.306 e. The van der Waals surface area contributed by atoms with Gasteiger partial charge in [0, 0.05) is 13.0 Å². The van der Waals surface area contributed by atoms with Crippen LogP contribution in [0.5, 0.6) is 0 Å². The molecular formula is C56H108O14. The maximum atomic E-state index is 13.1. The van der Waals surface area contributed by atoms with E-state index in [1.54, 1.807) is 0 Å². The lowest BCUT2D eigenvalue weighted by atomic mass is 9.98. The Kier molecular flexibility index (Phi) is 41.2. The first-order chi connectivity index (χ1) is 34.1. The number of carbonyl (C=O) groups is 1. The molecule has 14 nitrogen and oxygen atoms in total. The summed E-state index contributed by atoms with van der Waals surface area (Å²) in [7, 11) is 0. The van der Waals surface area contributed by atoms with Crippen molar-refractivity contribution in [3.8, 4) is 0 Å². The summed E-state index contributed by atoms with van der Waals surface area (Å²) in [5.41, 5.74) is 0. The molecular weight excluding hydrogens is 897 g/mol. The van der Waals surface area contributed by atoms with Crippen LogP contribution in [-0.2, 0) is 33.2 Å². The lowest BCUT2D eigenvalue weighted by molar-refractivity contribution is -0.332. The first kappa shape index (κ1) is 65.1. The molecule has 0 aliphatic carbocycles. The highest BCUT2D eigenvalue weighted by atomic mass is 16.7. The fourth-order valence-corrected chi connectivity index (χ4v) is 9.64. The van der Waals surface area contributed by atoms with Crippen LogP contribution in [0, 0.1) is 0 Å². The minimum atomic E-state index is -1.70. The summed E-state index contributed by atoms with van der Waals surface area (Å²) in [6.45, 7) is 3.76. The highest BCUT2D eigenvalue weighted by Crippen LogP contribution is 2.27. The summed E-state index contributed by atoms with van der Waals surface area (Å²) in [6, 6.07) is 0. The largest absolute Gasteiger partial charge is 0.457 e. The molecule has 0 aromatic carbocycles. The van der Waals surface area contributed by atoms with Crippen LogP contribution in [0.1, 0.15) is 251 Å². The van der Waals surface area contributed by atoms with Crippen LogP contribution >= 0.6 is 0 Å². The van der Waals surface area contributed by atoms with Gasteiger partial charge in [-0.25, -0.2) is 0 Å². The van der Waals surface area contributed by atoms with E-state index < -0.39 is 80.7 Å². The second kappa shape index (κ2) is 44.3. The molecule has 0 aromatic rings. The van der Waals surface area contributed by atoms with Crippen molar-refractivity contribution in [3.63, 3.8) is 0 Å². The maximum absolute atomic E-state index is 13.1. The van der Waals surface area contributed by atoms with E-state index in [2.05, 4.69) is 13.8 Å². The predicted molar refractivity (Wildman–Crippen MR) is 275 cm³/mol. The SMILES string of the molecule is CCCCCCCCCCCCCCCCCCCCOCC(COC1OC(COC2OC(CO)C(O)C(O)C2O)C(O)C(O)C1O)OC(=O)CCCCCCCCCCCCCCCCCCCC. The van der Waals surface area contributed by atoms with Gasteiger partial charge in [0.15, 0.2) is 12.6 Å². The Bertz CT molecular complexity index is 1170. The van der Waals surface area contributed by atoms with E-state index >= 15 is 0 Å². The normalized spacial score (nSPS) is 25.4. The molecule has 0 bridgehead atoms. The van der Waals surface area contributed by atoms with Crippen molar-refractivity contribution in [1.29, 1.82) is 0 Å². The summed E-state index contributed by atoms with van der Waals surface area (Å²) in [5.74, 6) is -0.367. The van der Waals surface area contributed by atoms with Gasteiger partial charge in [-0.2, -0.15) is 0 Å². The zero-order valence-electron chi connectivity index (χ0n) is 44.5. The van der Waals surface area contributed by atoms with Gasteiger partial charge in [-0.05, 0) is 12.8 Å². The molecule has 14 heteroatoms. The van der Waals surface area contributed by atoms with Crippen molar-refractivity contribution in [2.75, 3.05) is 33.0 Å². The van der Waals surface area contributed by atoms with Crippen LogP contribution in [-0.4, -0.2) is 142 Å². The summed E-state index contributed by atoms with van der Waals surface area (Å²) in [4.78, 5) is 13.1. The van der Waals surface area contributed by atoms with Crippen molar-refractivity contribution in [2.45, 2.75) is 319 Å². The number of hydrogen-bond acceptors (Lipinski definition) is 14. The molecule has 70 heavy (non-hydrogen) atoms. The average molecular weight is 1010 g/mol. The first-order valence-electron chi connectivity index (χ1n) is 29.1. The second-order valence-corrected chi connectivity index (χ2v) is 20.8. The van der Waals surface area contributed by atoms with E-state index in [1.165, 1.54) is 186 Å². The molecule has 0 radical (unpaired) electrons. The van der Waals surface area contributed by atoms with Crippen LogP contribution in [0.2, 0.25) is 0 Å². The predicted octanol–water partition coefficient (Wildman–Crippen LogP) is 10.0. The average Bonchev–Trinajstić information content (AvgIpc) is 3.36. The monoisotopic (exact) mass is 1000 g/mol. The molecule has 2 rings (SSSR count). The molecule has 11 unspecified atom stereocenters. The third kappa shape index (κ3) is 31.0.